The maximum absolute atomic E-state index is 13.7. The van der Waals surface area contributed by atoms with Crippen molar-refractivity contribution in [3.8, 4) is 11.3 Å². The van der Waals surface area contributed by atoms with Gasteiger partial charge in [-0.1, -0.05) is 24.3 Å². The minimum Gasteiger partial charge on any atom is -0.460 e. The van der Waals surface area contributed by atoms with Crippen molar-refractivity contribution in [3.05, 3.63) is 113 Å². The van der Waals surface area contributed by atoms with Crippen LogP contribution in [0.4, 0.5) is 24.5 Å². The van der Waals surface area contributed by atoms with E-state index in [1.807, 2.05) is 71.0 Å². The number of aromatic nitrogens is 1. The van der Waals surface area contributed by atoms with Crippen molar-refractivity contribution >= 4 is 29.2 Å². The van der Waals surface area contributed by atoms with Crippen LogP contribution < -0.4 is 15.5 Å². The second kappa shape index (κ2) is 36.5. The van der Waals surface area contributed by atoms with Gasteiger partial charge in [-0.15, -0.1) is 0 Å². The highest BCUT2D eigenvalue weighted by atomic mass is 19.4. The first-order valence-corrected chi connectivity index (χ1v) is 26.3. The number of carbonyl (C=O) groups excluding carboxylic acids is 3. The van der Waals surface area contributed by atoms with Crippen LogP contribution in [-0.4, -0.2) is 160 Å². The molecule has 4 rings (SSSR count). The third-order valence-corrected chi connectivity index (χ3v) is 11.2. The minimum atomic E-state index is -4.50. The summed E-state index contributed by atoms with van der Waals surface area (Å²) < 4.78 is 94.8. The molecule has 426 valence electrons. The average Bonchev–Trinajstić information content (AvgIpc) is 3.40. The molecule has 0 unspecified atom stereocenters. The number of halogens is 3. The maximum Gasteiger partial charge on any atom is 0.416 e. The van der Waals surface area contributed by atoms with Gasteiger partial charge in [-0.25, -0.2) is 0 Å². The van der Waals surface area contributed by atoms with E-state index in [0.717, 1.165) is 42.9 Å². The Morgan fingerprint density at radius 2 is 1.06 bits per heavy atom. The number of hydrogen-bond acceptors (Lipinski definition) is 15. The molecule has 0 saturated carbocycles. The number of anilines is 2. The number of hydrogen-bond donors (Lipinski definition) is 2. The van der Waals surface area contributed by atoms with E-state index in [-0.39, 0.29) is 30.4 Å². The lowest BCUT2D eigenvalue weighted by atomic mass is 10.0. The zero-order valence-corrected chi connectivity index (χ0v) is 45.4. The highest BCUT2D eigenvalue weighted by molar-refractivity contribution is 6.06. The fourth-order valence-corrected chi connectivity index (χ4v) is 7.35. The molecule has 1 heterocycles. The van der Waals surface area contributed by atoms with Crippen molar-refractivity contribution in [2.45, 2.75) is 72.2 Å². The van der Waals surface area contributed by atoms with Gasteiger partial charge in [0, 0.05) is 54.8 Å². The van der Waals surface area contributed by atoms with Crippen molar-refractivity contribution < 1.29 is 74.9 Å². The number of pyridine rings is 1. The van der Waals surface area contributed by atoms with Crippen LogP contribution in [0.3, 0.4) is 0 Å². The molecule has 0 aliphatic rings. The number of rotatable bonds is 40. The summed E-state index contributed by atoms with van der Waals surface area (Å²) >= 11 is 0. The quantitative estimate of drug-likeness (QED) is 0.0319. The van der Waals surface area contributed by atoms with Gasteiger partial charge in [0.25, 0.3) is 11.8 Å². The zero-order valence-electron chi connectivity index (χ0n) is 45.4. The third kappa shape index (κ3) is 27.1. The molecule has 3 aromatic carbocycles. The van der Waals surface area contributed by atoms with Gasteiger partial charge < -0.3 is 62.9 Å². The van der Waals surface area contributed by atoms with E-state index in [9.17, 15) is 27.6 Å². The molecule has 0 saturated heterocycles. The van der Waals surface area contributed by atoms with Gasteiger partial charge in [0.1, 0.15) is 5.60 Å². The Morgan fingerprint density at radius 3 is 1.60 bits per heavy atom. The zero-order chi connectivity index (χ0) is 55.6. The Bertz CT molecular complexity index is 2310. The third-order valence-electron chi connectivity index (χ3n) is 11.2. The fraction of sp³-hybridized carbons (Fsp3) is 0.544. The van der Waals surface area contributed by atoms with Gasteiger partial charge in [-0.05, 0) is 113 Å². The second-order valence-corrected chi connectivity index (χ2v) is 18.3. The smallest absolute Gasteiger partial charge is 0.416 e. The van der Waals surface area contributed by atoms with Crippen molar-refractivity contribution in [3.63, 3.8) is 0 Å². The number of alkyl halides is 3. The summed E-state index contributed by atoms with van der Waals surface area (Å²) in [6.45, 7) is 18.9. The Hall–Kier alpha value is -5.55. The first kappa shape index (κ1) is 64.0. The lowest BCUT2D eigenvalue weighted by Gasteiger charge is -2.23. The normalized spacial score (nSPS) is 11.7. The van der Waals surface area contributed by atoms with Crippen molar-refractivity contribution in [2.75, 3.05) is 142 Å². The number of benzene rings is 3. The van der Waals surface area contributed by atoms with Gasteiger partial charge in [-0.3, -0.25) is 19.4 Å². The fourth-order valence-electron chi connectivity index (χ4n) is 7.35. The predicted molar refractivity (Wildman–Crippen MR) is 286 cm³/mol. The molecule has 77 heavy (non-hydrogen) atoms. The van der Waals surface area contributed by atoms with Gasteiger partial charge >= 0.3 is 12.1 Å². The number of nitrogens with zero attached hydrogens (tertiary/aromatic N) is 2. The Labute approximate surface area is 451 Å². The van der Waals surface area contributed by atoms with Gasteiger partial charge in [0.05, 0.1) is 136 Å². The van der Waals surface area contributed by atoms with Crippen LogP contribution in [0.1, 0.15) is 84.9 Å². The van der Waals surface area contributed by atoms with Crippen molar-refractivity contribution in [1.82, 2.24) is 10.3 Å². The van der Waals surface area contributed by atoms with Gasteiger partial charge in [0.2, 0.25) is 0 Å². The highest BCUT2D eigenvalue weighted by Crippen LogP contribution is 2.33. The summed E-state index contributed by atoms with van der Waals surface area (Å²) in [5.41, 5.74) is 3.15. The molecule has 0 bridgehead atoms. The molecule has 0 aliphatic carbocycles. The molecule has 17 nitrogen and oxygen atoms in total. The number of carbonyl (C=O) groups is 3. The van der Waals surface area contributed by atoms with E-state index >= 15 is 0 Å². The monoisotopic (exact) mass is 1080 g/mol. The molecule has 0 atom stereocenters. The van der Waals surface area contributed by atoms with Crippen molar-refractivity contribution in [2.24, 2.45) is 0 Å². The average molecular weight is 1090 g/mol. The van der Waals surface area contributed by atoms with Crippen LogP contribution >= 0.6 is 0 Å². The number of amides is 2. The largest absolute Gasteiger partial charge is 0.460 e. The summed E-state index contributed by atoms with van der Waals surface area (Å²) in [5.74, 6) is -1.08. The van der Waals surface area contributed by atoms with Crippen molar-refractivity contribution in [1.29, 1.82) is 0 Å². The van der Waals surface area contributed by atoms with Gasteiger partial charge in [0.15, 0.2) is 0 Å². The van der Waals surface area contributed by atoms with E-state index < -0.39 is 23.2 Å². The molecule has 0 aliphatic heterocycles. The lowest BCUT2D eigenvalue weighted by molar-refractivity contribution is -0.156. The first-order chi connectivity index (χ1) is 37.2. The topological polar surface area (TPSA) is 184 Å². The SMILES string of the molecule is CCN(CC)c1ccc(NC(=O)c2cccc(CCCOCCOCCOCCOCCOCCOCCOCCOCCOCCC(=O)OC(C)(C)C)c2)c(-c2cc(C(=O)NCc3cccc(C(F)(F)F)c3)ccn2)c1. The van der Waals surface area contributed by atoms with Crippen LogP contribution in [0.2, 0.25) is 0 Å². The summed E-state index contributed by atoms with van der Waals surface area (Å²) in [5, 5.41) is 5.75. The number of ether oxygens (including phenoxy) is 10. The second-order valence-electron chi connectivity index (χ2n) is 18.3. The molecule has 20 heteroatoms. The van der Waals surface area contributed by atoms with Crippen LogP contribution in [0.25, 0.3) is 11.3 Å². The van der Waals surface area contributed by atoms with Gasteiger partial charge in [-0.2, -0.15) is 13.2 Å². The van der Waals surface area contributed by atoms with Crippen LogP contribution in [-0.2, 0) is 71.3 Å². The number of aryl methyl sites for hydroxylation is 1. The first-order valence-electron chi connectivity index (χ1n) is 26.3. The number of nitrogens with one attached hydrogen (secondary N) is 2. The Kier molecular flexibility index (Phi) is 30.4. The summed E-state index contributed by atoms with van der Waals surface area (Å²) in [7, 11) is 0. The Balaban J connectivity index is 1.01. The molecular formula is C57H79F3N4O13. The molecule has 1 aromatic heterocycles. The van der Waals surface area contributed by atoms with E-state index in [1.165, 1.54) is 24.4 Å². The molecule has 0 radical (unpaired) electrons. The van der Waals surface area contributed by atoms with E-state index in [1.54, 1.807) is 12.1 Å². The molecular weight excluding hydrogens is 1010 g/mol. The lowest BCUT2D eigenvalue weighted by Crippen LogP contribution is -2.24. The van der Waals surface area contributed by atoms with Crippen LogP contribution in [0.15, 0.2) is 85.1 Å². The molecule has 0 spiro atoms. The summed E-state index contributed by atoms with van der Waals surface area (Å²) in [4.78, 5) is 45.3. The van der Waals surface area contributed by atoms with E-state index in [0.29, 0.717) is 153 Å². The van der Waals surface area contributed by atoms with Crippen LogP contribution in [0.5, 0.6) is 0 Å². The standard InChI is InChI=1S/C57H79F3N4O13/c1-6-64(7-2)49-16-17-51(50(42-49)52-41-47(18-20-61-52)54(66)62-43-45-12-9-15-48(40-45)57(58,59)60)63-55(67)46-14-8-11-44(39-46)13-10-21-68-23-25-70-27-29-72-31-33-74-35-37-76-38-36-75-34-32-73-30-28-71-26-24-69-22-19-53(65)77-56(3,4)5/h8-9,11-12,14-18,20,39-42H,6-7,10,13,19,21-38,43H2,1-5H3,(H,62,66)(H,63,67). The highest BCUT2D eigenvalue weighted by Gasteiger charge is 2.30. The minimum absolute atomic E-state index is 0.103. The van der Waals surface area contributed by atoms with E-state index in [2.05, 4.69) is 20.5 Å². The summed E-state index contributed by atoms with van der Waals surface area (Å²) in [6, 6.07) is 21.0. The maximum atomic E-state index is 13.7. The Morgan fingerprint density at radius 1 is 0.558 bits per heavy atom. The predicted octanol–water partition coefficient (Wildman–Crippen LogP) is 8.61. The van der Waals surface area contributed by atoms with Crippen LogP contribution in [0, 0.1) is 0 Å². The molecule has 0 fully saturated rings. The van der Waals surface area contributed by atoms with E-state index in [4.69, 9.17) is 47.4 Å². The molecule has 2 amide bonds. The molecule has 4 aromatic rings. The number of esters is 1. The summed E-state index contributed by atoms with van der Waals surface area (Å²) in [6.07, 6.45) is -1.35. The molecule has 2 N–H and O–H groups in total.